The Hall–Kier alpha value is -2.97. The lowest BCUT2D eigenvalue weighted by atomic mass is 10.2. The van der Waals surface area contributed by atoms with Gasteiger partial charge in [0.1, 0.15) is 17.2 Å². The maximum absolute atomic E-state index is 13.3. The first kappa shape index (κ1) is 23.7. The van der Waals surface area contributed by atoms with Crippen LogP contribution in [0.1, 0.15) is 19.4 Å². The van der Waals surface area contributed by atoms with Gasteiger partial charge in [0.25, 0.3) is 5.91 Å². The smallest absolute Gasteiger partial charge is 0.316 e. The Morgan fingerprint density at radius 2 is 1.88 bits per heavy atom. The largest absolute Gasteiger partial charge is 0.497 e. The summed E-state index contributed by atoms with van der Waals surface area (Å²) in [7, 11) is 3.09. The lowest BCUT2D eigenvalue weighted by Crippen LogP contribution is -2.31. The normalized spacial score (nSPS) is 14.7. The molecule has 0 fully saturated rings. The Morgan fingerprint density at radius 1 is 1.16 bits per heavy atom. The highest BCUT2D eigenvalue weighted by atomic mass is 35.5. The summed E-state index contributed by atoms with van der Waals surface area (Å²) in [6, 6.07) is 12.2. The minimum Gasteiger partial charge on any atom is -0.497 e. The molecule has 168 valence electrons. The van der Waals surface area contributed by atoms with Crippen molar-refractivity contribution in [3.8, 4) is 11.5 Å². The van der Waals surface area contributed by atoms with Crippen LogP contribution >= 0.6 is 23.4 Å². The molecule has 0 radical (unpaired) electrons. The van der Waals surface area contributed by atoms with Crippen molar-refractivity contribution >= 4 is 52.2 Å². The van der Waals surface area contributed by atoms with E-state index in [1.165, 1.54) is 12.0 Å². The molecule has 1 aliphatic heterocycles. The number of esters is 1. The number of halogens is 1. The molecule has 32 heavy (non-hydrogen) atoms. The maximum atomic E-state index is 13.3. The second-order valence-electron chi connectivity index (χ2n) is 6.98. The van der Waals surface area contributed by atoms with Gasteiger partial charge in [-0.1, -0.05) is 35.5 Å². The van der Waals surface area contributed by atoms with Crippen LogP contribution in [0.25, 0.3) is 6.08 Å². The Labute approximate surface area is 196 Å². The van der Waals surface area contributed by atoms with Crippen molar-refractivity contribution in [1.29, 1.82) is 0 Å². The maximum Gasteiger partial charge on any atom is 0.316 e. The number of amidine groups is 1. The minimum absolute atomic E-state index is 0.0152. The molecule has 1 amide bonds. The fourth-order valence-corrected chi connectivity index (χ4v) is 3.88. The third-order valence-corrected chi connectivity index (χ3v) is 5.55. The van der Waals surface area contributed by atoms with E-state index in [1.54, 1.807) is 57.4 Å². The Kier molecular flexibility index (Phi) is 7.82. The molecule has 9 heteroatoms. The van der Waals surface area contributed by atoms with Gasteiger partial charge in [0.05, 0.1) is 36.8 Å². The highest BCUT2D eigenvalue weighted by Gasteiger charge is 2.33. The number of thioether (sulfide) groups is 1. The van der Waals surface area contributed by atoms with Gasteiger partial charge < -0.3 is 14.2 Å². The molecule has 1 heterocycles. The molecule has 0 unspecified atom stereocenters. The number of hydrogen-bond donors (Lipinski definition) is 0. The molecule has 0 saturated heterocycles. The van der Waals surface area contributed by atoms with Crippen LogP contribution in [0, 0.1) is 0 Å². The number of carbonyl (C=O) groups excluding carboxylic acids is 2. The van der Waals surface area contributed by atoms with Gasteiger partial charge in [0.2, 0.25) is 0 Å². The average Bonchev–Trinajstić information content (AvgIpc) is 3.08. The van der Waals surface area contributed by atoms with Crippen LogP contribution in [-0.4, -0.2) is 43.1 Å². The number of nitrogens with zero attached hydrogens (tertiary/aromatic N) is 2. The molecular formula is C23H23ClN2O5S. The topological polar surface area (TPSA) is 77.4 Å². The standard InChI is InChI=1S/C23H23ClN2O5S/c1-14(2)31-21(27)13-32-23-25-19(11-15-5-8-17(29-3)9-6-15)22(28)26(23)16-7-10-18(24)20(12-16)30-4/h5-12,14H,13H2,1-4H3. The summed E-state index contributed by atoms with van der Waals surface area (Å²) >= 11 is 7.27. The van der Waals surface area contributed by atoms with Gasteiger partial charge in [-0.25, -0.2) is 4.99 Å². The summed E-state index contributed by atoms with van der Waals surface area (Å²) in [4.78, 5) is 31.2. The highest BCUT2D eigenvalue weighted by Crippen LogP contribution is 2.34. The van der Waals surface area contributed by atoms with Crippen LogP contribution in [0.15, 0.2) is 53.2 Å². The van der Waals surface area contributed by atoms with Crippen molar-refractivity contribution in [1.82, 2.24) is 0 Å². The molecule has 0 spiro atoms. The molecule has 3 rings (SSSR count). The summed E-state index contributed by atoms with van der Waals surface area (Å²) in [5, 5.41) is 0.781. The number of rotatable bonds is 7. The van der Waals surface area contributed by atoms with Crippen LogP contribution in [0.4, 0.5) is 5.69 Å². The van der Waals surface area contributed by atoms with Crippen LogP contribution in [0.2, 0.25) is 5.02 Å². The third kappa shape index (κ3) is 5.63. The first-order chi connectivity index (χ1) is 15.3. The predicted molar refractivity (Wildman–Crippen MR) is 128 cm³/mol. The van der Waals surface area contributed by atoms with Crippen molar-refractivity contribution in [3.63, 3.8) is 0 Å². The van der Waals surface area contributed by atoms with Gasteiger partial charge in [0.15, 0.2) is 5.17 Å². The molecule has 0 aromatic heterocycles. The molecule has 0 aliphatic carbocycles. The van der Waals surface area contributed by atoms with Crippen LogP contribution in [-0.2, 0) is 14.3 Å². The fraction of sp³-hybridized carbons (Fsp3) is 0.261. The summed E-state index contributed by atoms with van der Waals surface area (Å²) in [6.07, 6.45) is 1.46. The zero-order valence-corrected chi connectivity index (χ0v) is 19.7. The molecule has 7 nitrogen and oxygen atoms in total. The lowest BCUT2D eigenvalue weighted by Gasteiger charge is -2.19. The van der Waals surface area contributed by atoms with Crippen molar-refractivity contribution in [2.24, 2.45) is 4.99 Å². The number of benzene rings is 2. The summed E-state index contributed by atoms with van der Waals surface area (Å²) < 4.78 is 15.6. The number of anilines is 1. The zero-order valence-electron chi connectivity index (χ0n) is 18.1. The SMILES string of the molecule is COc1ccc(C=C2N=C(SCC(=O)OC(C)C)N(c3ccc(Cl)c(OC)c3)C2=O)cc1. The van der Waals surface area contributed by atoms with Crippen molar-refractivity contribution in [2.45, 2.75) is 20.0 Å². The van der Waals surface area contributed by atoms with Gasteiger partial charge >= 0.3 is 5.97 Å². The van der Waals surface area contributed by atoms with E-state index in [4.69, 9.17) is 25.8 Å². The Morgan fingerprint density at radius 3 is 2.50 bits per heavy atom. The van der Waals surface area contributed by atoms with E-state index in [-0.39, 0.29) is 29.4 Å². The quantitative estimate of drug-likeness (QED) is 0.424. The predicted octanol–water partition coefficient (Wildman–Crippen LogP) is 4.79. The van der Waals surface area contributed by atoms with Gasteiger partial charge in [-0.05, 0) is 49.8 Å². The average molecular weight is 475 g/mol. The van der Waals surface area contributed by atoms with E-state index in [0.29, 0.717) is 27.4 Å². The van der Waals surface area contributed by atoms with Crippen molar-refractivity contribution in [2.75, 3.05) is 24.9 Å². The summed E-state index contributed by atoms with van der Waals surface area (Å²) in [5.41, 5.74) is 1.55. The van der Waals surface area contributed by atoms with E-state index < -0.39 is 0 Å². The summed E-state index contributed by atoms with van der Waals surface area (Å²) in [5.74, 6) is 0.434. The monoisotopic (exact) mass is 474 g/mol. The molecule has 2 aromatic rings. The van der Waals surface area contributed by atoms with Crippen LogP contribution in [0.3, 0.4) is 0 Å². The third-order valence-electron chi connectivity index (χ3n) is 4.33. The van der Waals surface area contributed by atoms with E-state index in [2.05, 4.69) is 4.99 Å². The lowest BCUT2D eigenvalue weighted by molar-refractivity contribution is -0.144. The molecule has 1 aliphatic rings. The second-order valence-corrected chi connectivity index (χ2v) is 8.33. The number of hydrogen-bond acceptors (Lipinski definition) is 7. The molecular weight excluding hydrogens is 452 g/mol. The minimum atomic E-state index is -0.388. The number of ether oxygens (including phenoxy) is 3. The molecule has 0 saturated carbocycles. The van der Waals surface area contributed by atoms with Crippen molar-refractivity contribution < 1.29 is 23.8 Å². The van der Waals surface area contributed by atoms with Gasteiger partial charge in [-0.2, -0.15) is 0 Å². The summed E-state index contributed by atoms with van der Waals surface area (Å²) in [6.45, 7) is 3.56. The van der Waals surface area contributed by atoms with E-state index in [0.717, 1.165) is 17.3 Å². The first-order valence-electron chi connectivity index (χ1n) is 9.77. The fourth-order valence-electron chi connectivity index (χ4n) is 2.89. The highest BCUT2D eigenvalue weighted by molar-refractivity contribution is 8.14. The number of carbonyl (C=O) groups is 2. The van der Waals surface area contributed by atoms with E-state index >= 15 is 0 Å². The van der Waals surface area contributed by atoms with E-state index in [9.17, 15) is 9.59 Å². The molecule has 0 N–H and O–H groups in total. The Balaban J connectivity index is 1.94. The molecule has 0 bridgehead atoms. The number of methoxy groups -OCH3 is 2. The van der Waals surface area contributed by atoms with Crippen LogP contribution in [0.5, 0.6) is 11.5 Å². The van der Waals surface area contributed by atoms with Gasteiger partial charge in [-0.15, -0.1) is 0 Å². The first-order valence-corrected chi connectivity index (χ1v) is 11.1. The van der Waals surface area contributed by atoms with E-state index in [1.807, 2.05) is 12.1 Å². The second kappa shape index (κ2) is 10.6. The molecule has 2 aromatic carbocycles. The number of aliphatic imine (C=N–C) groups is 1. The van der Waals surface area contributed by atoms with Gasteiger partial charge in [-0.3, -0.25) is 14.5 Å². The van der Waals surface area contributed by atoms with Gasteiger partial charge in [0, 0.05) is 6.07 Å². The van der Waals surface area contributed by atoms with Crippen LogP contribution < -0.4 is 14.4 Å². The van der Waals surface area contributed by atoms with Crippen molar-refractivity contribution in [3.05, 3.63) is 58.7 Å². The molecule has 0 atom stereocenters. The Bertz CT molecular complexity index is 1070. The number of amides is 1. The zero-order chi connectivity index (χ0) is 23.3.